The number of amides is 1. The number of hydrogen-bond acceptors (Lipinski definition) is 3. The van der Waals surface area contributed by atoms with E-state index in [0.717, 1.165) is 30.4 Å². The number of carbonyl (C=O) groups excluding carboxylic acids is 1. The summed E-state index contributed by atoms with van der Waals surface area (Å²) in [4.78, 5) is 13.6. The summed E-state index contributed by atoms with van der Waals surface area (Å²) in [5.41, 5.74) is 1.06. The van der Waals surface area contributed by atoms with E-state index in [9.17, 15) is 9.90 Å². The van der Waals surface area contributed by atoms with Crippen LogP contribution in [-0.2, 0) is 4.74 Å². The molecule has 23 heavy (non-hydrogen) atoms. The highest BCUT2D eigenvalue weighted by molar-refractivity contribution is 5.68. The Morgan fingerprint density at radius 2 is 2.26 bits per heavy atom. The molecule has 2 aliphatic rings. The minimum atomic E-state index is -1.02. The Morgan fingerprint density at radius 3 is 3.00 bits per heavy atom. The lowest BCUT2D eigenvalue weighted by atomic mass is 9.73. The summed E-state index contributed by atoms with van der Waals surface area (Å²) in [6, 6.07) is 8.02. The van der Waals surface area contributed by atoms with Crippen LogP contribution in [0.25, 0.3) is 0 Å². The van der Waals surface area contributed by atoms with Crippen LogP contribution in [0.4, 0.5) is 4.79 Å². The molecule has 1 aliphatic heterocycles. The number of carbonyl (C=O) groups is 1. The first-order chi connectivity index (χ1) is 11.0. The van der Waals surface area contributed by atoms with Crippen molar-refractivity contribution in [2.24, 2.45) is 5.92 Å². The molecule has 0 bridgehead atoms. The number of aryl methyl sites for hydroxylation is 1. The molecule has 1 aromatic carbocycles. The zero-order chi connectivity index (χ0) is 16.4. The van der Waals surface area contributed by atoms with Crippen LogP contribution in [0, 0.1) is 24.7 Å². The maximum Gasteiger partial charge on any atom is 0.409 e. The van der Waals surface area contributed by atoms with Crippen LogP contribution in [0.3, 0.4) is 0 Å². The van der Waals surface area contributed by atoms with Crippen molar-refractivity contribution in [1.82, 2.24) is 4.90 Å². The van der Waals surface area contributed by atoms with Crippen molar-refractivity contribution in [3.63, 3.8) is 0 Å². The molecule has 3 atom stereocenters. The molecule has 1 aliphatic carbocycles. The molecule has 4 nitrogen and oxygen atoms in total. The fraction of sp³-hybridized carbons (Fsp3) is 0.526. The first kappa shape index (κ1) is 15.9. The highest BCUT2D eigenvalue weighted by Gasteiger charge is 2.50. The zero-order valence-electron chi connectivity index (χ0n) is 13.7. The molecule has 122 valence electrons. The number of hydrogen-bond donors (Lipinski definition) is 1. The van der Waals surface area contributed by atoms with Gasteiger partial charge in [0.15, 0.2) is 0 Å². The van der Waals surface area contributed by atoms with Gasteiger partial charge in [-0.15, -0.1) is 0 Å². The normalized spacial score (nSPS) is 29.4. The van der Waals surface area contributed by atoms with Gasteiger partial charge in [0.25, 0.3) is 0 Å². The fourth-order valence-corrected chi connectivity index (χ4v) is 3.94. The molecule has 3 rings (SSSR count). The summed E-state index contributed by atoms with van der Waals surface area (Å²) in [5, 5.41) is 11.1. The molecule has 4 heteroatoms. The van der Waals surface area contributed by atoms with Crippen LogP contribution in [0.5, 0.6) is 0 Å². The van der Waals surface area contributed by atoms with Crippen LogP contribution in [-0.4, -0.2) is 41.4 Å². The number of aliphatic hydroxyl groups is 1. The number of rotatable bonds is 0. The predicted molar refractivity (Wildman–Crippen MR) is 87.9 cm³/mol. The van der Waals surface area contributed by atoms with Gasteiger partial charge in [0.1, 0.15) is 5.60 Å². The monoisotopic (exact) mass is 313 g/mol. The Hall–Kier alpha value is -1.99. The van der Waals surface area contributed by atoms with Gasteiger partial charge in [-0.1, -0.05) is 24.0 Å². The van der Waals surface area contributed by atoms with E-state index in [4.69, 9.17) is 4.74 Å². The SMILES string of the molecule is COC(=O)N1CC[C@@H]2C1CCCC2(O)C#Cc1cccc(C)c1. The minimum absolute atomic E-state index is 0.00709. The average molecular weight is 313 g/mol. The van der Waals surface area contributed by atoms with Crippen molar-refractivity contribution in [3.8, 4) is 11.8 Å². The molecule has 2 unspecified atom stereocenters. The zero-order valence-corrected chi connectivity index (χ0v) is 13.7. The summed E-state index contributed by atoms with van der Waals surface area (Å²) < 4.78 is 4.86. The van der Waals surface area contributed by atoms with Gasteiger partial charge in [0.05, 0.1) is 7.11 Å². The van der Waals surface area contributed by atoms with Crippen molar-refractivity contribution in [1.29, 1.82) is 0 Å². The maximum absolute atomic E-state index is 11.9. The second kappa shape index (κ2) is 6.25. The van der Waals surface area contributed by atoms with Gasteiger partial charge in [0.2, 0.25) is 0 Å². The number of ether oxygens (including phenoxy) is 1. The molecule has 1 saturated heterocycles. The number of methoxy groups -OCH3 is 1. The van der Waals surface area contributed by atoms with Gasteiger partial charge in [-0.05, 0) is 50.3 Å². The van der Waals surface area contributed by atoms with Crippen molar-refractivity contribution < 1.29 is 14.6 Å². The minimum Gasteiger partial charge on any atom is -0.453 e. The van der Waals surface area contributed by atoms with Gasteiger partial charge < -0.3 is 14.7 Å². The molecular weight excluding hydrogens is 290 g/mol. The second-order valence-electron chi connectivity index (χ2n) is 6.56. The molecular formula is C19H23NO3. The predicted octanol–water partition coefficient (Wildman–Crippen LogP) is 2.72. The van der Waals surface area contributed by atoms with Crippen LogP contribution in [0.15, 0.2) is 24.3 Å². The highest BCUT2D eigenvalue weighted by Crippen LogP contribution is 2.42. The molecule has 1 amide bonds. The lowest BCUT2D eigenvalue weighted by Crippen LogP contribution is -2.49. The maximum atomic E-state index is 11.9. The molecule has 1 aromatic rings. The van der Waals surface area contributed by atoms with E-state index in [1.165, 1.54) is 7.11 Å². The second-order valence-corrected chi connectivity index (χ2v) is 6.56. The Bertz CT molecular complexity index is 660. The first-order valence-corrected chi connectivity index (χ1v) is 8.20. The fourth-order valence-electron chi connectivity index (χ4n) is 3.94. The number of likely N-dealkylation sites (tertiary alicyclic amines) is 1. The average Bonchev–Trinajstić information content (AvgIpc) is 2.98. The van der Waals surface area contributed by atoms with Gasteiger partial charge in [-0.3, -0.25) is 0 Å². The number of nitrogens with zero attached hydrogens (tertiary/aromatic N) is 1. The Morgan fingerprint density at radius 1 is 1.43 bits per heavy atom. The van der Waals surface area contributed by atoms with E-state index in [2.05, 4.69) is 11.8 Å². The molecule has 0 radical (unpaired) electrons. The van der Waals surface area contributed by atoms with Crippen molar-refractivity contribution >= 4 is 6.09 Å². The molecule has 0 aromatic heterocycles. The van der Waals surface area contributed by atoms with Gasteiger partial charge in [-0.2, -0.15) is 0 Å². The summed E-state index contributed by atoms with van der Waals surface area (Å²) in [6.45, 7) is 2.66. The smallest absolute Gasteiger partial charge is 0.409 e. The van der Waals surface area contributed by atoms with E-state index in [0.29, 0.717) is 13.0 Å². The lowest BCUT2D eigenvalue weighted by molar-refractivity contribution is -0.0136. The van der Waals surface area contributed by atoms with Crippen LogP contribution >= 0.6 is 0 Å². The van der Waals surface area contributed by atoms with E-state index in [1.807, 2.05) is 31.2 Å². The number of benzene rings is 1. The molecule has 2 fully saturated rings. The van der Waals surface area contributed by atoms with Crippen LogP contribution in [0.1, 0.15) is 36.8 Å². The quantitative estimate of drug-likeness (QED) is 0.749. The van der Waals surface area contributed by atoms with E-state index in [-0.39, 0.29) is 18.1 Å². The summed E-state index contributed by atoms with van der Waals surface area (Å²) in [7, 11) is 1.40. The van der Waals surface area contributed by atoms with E-state index < -0.39 is 5.60 Å². The van der Waals surface area contributed by atoms with Crippen molar-refractivity contribution in [2.75, 3.05) is 13.7 Å². The molecule has 0 spiro atoms. The van der Waals surface area contributed by atoms with E-state index >= 15 is 0 Å². The molecule has 1 heterocycles. The van der Waals surface area contributed by atoms with Gasteiger partial charge in [0, 0.05) is 24.1 Å². The molecule has 1 saturated carbocycles. The third-order valence-corrected chi connectivity index (χ3v) is 5.07. The van der Waals surface area contributed by atoms with Gasteiger partial charge in [-0.25, -0.2) is 4.79 Å². The number of fused-ring (bicyclic) bond motifs is 1. The topological polar surface area (TPSA) is 49.8 Å². The Balaban J connectivity index is 1.83. The first-order valence-electron chi connectivity index (χ1n) is 8.20. The summed E-state index contributed by atoms with van der Waals surface area (Å²) >= 11 is 0. The van der Waals surface area contributed by atoms with Gasteiger partial charge >= 0.3 is 6.09 Å². The third kappa shape index (κ3) is 3.07. The van der Waals surface area contributed by atoms with E-state index in [1.54, 1.807) is 4.90 Å². The van der Waals surface area contributed by atoms with Crippen LogP contribution in [0.2, 0.25) is 0 Å². The summed E-state index contributed by atoms with van der Waals surface area (Å²) in [5.74, 6) is 6.26. The Labute approximate surface area is 137 Å². The molecule has 1 N–H and O–H groups in total. The Kier molecular flexibility index (Phi) is 4.32. The van der Waals surface area contributed by atoms with Crippen molar-refractivity contribution in [3.05, 3.63) is 35.4 Å². The third-order valence-electron chi connectivity index (χ3n) is 5.07. The highest BCUT2D eigenvalue weighted by atomic mass is 16.5. The lowest BCUT2D eigenvalue weighted by Gasteiger charge is -2.39. The largest absolute Gasteiger partial charge is 0.453 e. The standard InChI is InChI=1S/C19H23NO3/c1-14-5-3-6-15(13-14)8-11-19(22)10-4-7-17-16(19)9-12-20(17)18(21)23-2/h3,5-6,13,16-17,22H,4,7,9-10,12H2,1-2H3/t16-,17?,19?/m1/s1. The van der Waals surface area contributed by atoms with Crippen molar-refractivity contribution in [2.45, 2.75) is 44.2 Å². The van der Waals surface area contributed by atoms with Crippen LogP contribution < -0.4 is 0 Å². The summed E-state index contributed by atoms with van der Waals surface area (Å²) in [6.07, 6.45) is 2.93.